The van der Waals surface area contributed by atoms with Gasteiger partial charge in [-0.3, -0.25) is 4.79 Å². The average molecular weight is 795 g/mol. The minimum Gasteiger partial charge on any atom is -0.478 e. The number of aryl methyl sites for hydroxylation is 2. The molecule has 11 nitrogen and oxygen atoms in total. The highest BCUT2D eigenvalue weighted by Crippen LogP contribution is 2.41. The Morgan fingerprint density at radius 2 is 1.21 bits per heavy atom. The van der Waals surface area contributed by atoms with E-state index in [1.165, 1.54) is 71.9 Å². The van der Waals surface area contributed by atoms with Crippen molar-refractivity contribution in [1.29, 1.82) is 0 Å². The minimum atomic E-state index is -0.846. The quantitative estimate of drug-likeness (QED) is 0.211. The summed E-state index contributed by atoms with van der Waals surface area (Å²) in [7, 11) is 4.27. The van der Waals surface area contributed by atoms with Gasteiger partial charge in [0.1, 0.15) is 5.60 Å². The molecule has 3 saturated heterocycles. The van der Waals surface area contributed by atoms with Crippen LogP contribution in [0.4, 0.5) is 4.79 Å². The first-order chi connectivity index (χ1) is 27.8. The highest BCUT2D eigenvalue weighted by Gasteiger charge is 2.34. The lowest BCUT2D eigenvalue weighted by Gasteiger charge is -2.33. The number of carbonyl (C=O) groups is 3. The molecule has 0 radical (unpaired) electrons. The summed E-state index contributed by atoms with van der Waals surface area (Å²) in [5.41, 5.74) is 8.60. The smallest absolute Gasteiger partial charge is 0.407 e. The molecular weight excluding hydrogens is 733 g/mol. The van der Waals surface area contributed by atoms with E-state index in [0.29, 0.717) is 30.5 Å². The summed E-state index contributed by atoms with van der Waals surface area (Å²) in [6.07, 6.45) is 11.9. The summed E-state index contributed by atoms with van der Waals surface area (Å²) in [5, 5.41) is 14.6. The van der Waals surface area contributed by atoms with Gasteiger partial charge in [0.25, 0.3) is 5.91 Å². The zero-order valence-electron chi connectivity index (χ0n) is 35.1. The van der Waals surface area contributed by atoms with E-state index in [2.05, 4.69) is 40.7 Å². The van der Waals surface area contributed by atoms with Crippen molar-refractivity contribution in [3.05, 3.63) is 70.0 Å². The van der Waals surface area contributed by atoms with Crippen LogP contribution in [0, 0.1) is 23.7 Å². The van der Waals surface area contributed by atoms with Gasteiger partial charge < -0.3 is 38.7 Å². The fourth-order valence-corrected chi connectivity index (χ4v) is 10.8. The van der Waals surface area contributed by atoms with E-state index in [4.69, 9.17) is 14.2 Å². The van der Waals surface area contributed by atoms with Crippen molar-refractivity contribution in [2.75, 3.05) is 39.5 Å². The van der Waals surface area contributed by atoms with E-state index in [-0.39, 0.29) is 11.9 Å². The number of carbonyl (C=O) groups excluding carboxylic acids is 2. The molecule has 2 amide bonds. The number of aromatic carboxylic acids is 1. The number of aromatic nitrogens is 2. The van der Waals surface area contributed by atoms with Crippen molar-refractivity contribution in [1.82, 2.24) is 19.4 Å². The van der Waals surface area contributed by atoms with Crippen LogP contribution in [-0.2, 0) is 54.0 Å². The maximum absolute atomic E-state index is 13.4. The van der Waals surface area contributed by atoms with Gasteiger partial charge in [-0.2, -0.15) is 0 Å². The molecule has 0 spiro atoms. The molecule has 312 valence electrons. The Morgan fingerprint density at radius 1 is 0.707 bits per heavy atom. The van der Waals surface area contributed by atoms with Gasteiger partial charge in [-0.1, -0.05) is 0 Å². The third-order valence-electron chi connectivity index (χ3n) is 13.9. The zero-order chi connectivity index (χ0) is 40.7. The van der Waals surface area contributed by atoms with E-state index in [0.717, 1.165) is 86.8 Å². The summed E-state index contributed by atoms with van der Waals surface area (Å²) in [6, 6.07) is 11.6. The molecular formula is C47H62N4O7. The standard InChI is InChI=1S/C28H39N3O4.C19H23NO3/c1-28(2,3)35-27(33)29-21-9-12-31(17-21)26(32)20-6-8-25-23(16-20)22-15-19(5-7-24(22)30(25)4)18-10-13-34-14-11-18;1-20-17-4-2-13(12-6-8-23-9-7-12)10-15(17)16-11-14(19(21)22)3-5-18(16)20/h6,8,16,18-19,21H,5,7,9-15,17H2,1-4H3,(H,29,33);3,5,11-13H,2,4,6-10H2,1H3,(H,21,22)/t19?,21-;/m0./s1. The Bertz CT molecular complexity index is 2170. The van der Waals surface area contributed by atoms with Crippen molar-refractivity contribution in [3.8, 4) is 0 Å². The summed E-state index contributed by atoms with van der Waals surface area (Å²) in [6.45, 7) is 10.3. The molecule has 5 heterocycles. The molecule has 3 aliphatic heterocycles. The Balaban J connectivity index is 0.000000176. The predicted octanol–water partition coefficient (Wildman–Crippen LogP) is 7.86. The minimum absolute atomic E-state index is 0.0368. The maximum atomic E-state index is 13.4. The SMILES string of the molecule is Cn1c2c(c3cc(C(=O)N4CC[C@H](NC(=O)OC(C)(C)C)C4)ccc31)CC(C1CCOCC1)CC2.Cn1c2c(c3cc(C(=O)O)ccc31)CC(C1CCOCC1)CC2. The third-order valence-corrected chi connectivity index (χ3v) is 13.9. The van der Waals surface area contributed by atoms with E-state index < -0.39 is 17.7 Å². The third kappa shape index (κ3) is 8.39. The number of carboxylic acids is 1. The lowest BCUT2D eigenvalue weighted by molar-refractivity contribution is 0.0438. The van der Waals surface area contributed by atoms with Gasteiger partial charge in [0, 0.05) is 92.4 Å². The number of carboxylic acid groups (broad SMARTS) is 1. The first-order valence-electron chi connectivity index (χ1n) is 21.7. The lowest BCUT2D eigenvalue weighted by Crippen LogP contribution is -2.41. The van der Waals surface area contributed by atoms with Crippen molar-refractivity contribution < 1.29 is 33.7 Å². The van der Waals surface area contributed by atoms with Crippen molar-refractivity contribution in [3.63, 3.8) is 0 Å². The second-order valence-corrected chi connectivity index (χ2v) is 18.5. The second kappa shape index (κ2) is 16.7. The molecule has 9 rings (SSSR count). The molecule has 0 saturated carbocycles. The lowest BCUT2D eigenvalue weighted by atomic mass is 9.75. The van der Waals surface area contributed by atoms with Crippen LogP contribution in [0.3, 0.4) is 0 Å². The largest absolute Gasteiger partial charge is 0.478 e. The fourth-order valence-electron chi connectivity index (χ4n) is 10.8. The second-order valence-electron chi connectivity index (χ2n) is 18.5. The van der Waals surface area contributed by atoms with Crippen LogP contribution in [0.5, 0.6) is 0 Å². The maximum Gasteiger partial charge on any atom is 0.407 e. The molecule has 58 heavy (non-hydrogen) atoms. The number of hydrogen-bond donors (Lipinski definition) is 2. The van der Waals surface area contributed by atoms with Crippen molar-refractivity contribution in [2.45, 2.75) is 103 Å². The van der Waals surface area contributed by atoms with Gasteiger partial charge in [0.05, 0.1) is 11.6 Å². The van der Waals surface area contributed by atoms with E-state index in [1.54, 1.807) is 6.07 Å². The van der Waals surface area contributed by atoms with Crippen LogP contribution in [0.15, 0.2) is 36.4 Å². The van der Waals surface area contributed by atoms with Crippen molar-refractivity contribution in [2.24, 2.45) is 37.8 Å². The predicted molar refractivity (Wildman–Crippen MR) is 225 cm³/mol. The molecule has 2 aromatic carbocycles. The van der Waals surface area contributed by atoms with E-state index >= 15 is 0 Å². The summed E-state index contributed by atoms with van der Waals surface area (Å²) < 4.78 is 21.1. The van der Waals surface area contributed by atoms with Crippen LogP contribution < -0.4 is 5.32 Å². The molecule has 5 aliphatic rings. The van der Waals surface area contributed by atoms with Crippen LogP contribution in [-0.4, -0.2) is 88.3 Å². The summed E-state index contributed by atoms with van der Waals surface area (Å²) >= 11 is 0. The molecule has 0 bridgehead atoms. The van der Waals surface area contributed by atoms with Gasteiger partial charge >= 0.3 is 12.1 Å². The number of likely N-dealkylation sites (tertiary alicyclic amines) is 1. The fraction of sp³-hybridized carbons (Fsp3) is 0.596. The monoisotopic (exact) mass is 794 g/mol. The highest BCUT2D eigenvalue weighted by atomic mass is 16.6. The van der Waals surface area contributed by atoms with Crippen LogP contribution in [0.2, 0.25) is 0 Å². The molecule has 11 heteroatoms. The Morgan fingerprint density at radius 3 is 1.71 bits per heavy atom. The van der Waals surface area contributed by atoms with Crippen LogP contribution in [0.1, 0.15) is 109 Å². The number of amides is 2. The zero-order valence-corrected chi connectivity index (χ0v) is 35.1. The topological polar surface area (TPSA) is 124 Å². The van der Waals surface area contributed by atoms with Crippen LogP contribution in [0.25, 0.3) is 21.8 Å². The van der Waals surface area contributed by atoms with E-state index in [1.807, 2.05) is 43.9 Å². The van der Waals surface area contributed by atoms with E-state index in [9.17, 15) is 19.5 Å². The molecule has 4 aromatic rings. The van der Waals surface area contributed by atoms with Gasteiger partial charge in [0.2, 0.25) is 0 Å². The average Bonchev–Trinajstić information content (AvgIpc) is 3.89. The summed E-state index contributed by atoms with van der Waals surface area (Å²) in [5.74, 6) is 2.11. The Kier molecular flexibility index (Phi) is 11.7. The number of alkyl carbamates (subject to hydrolysis) is 1. The number of rotatable bonds is 5. The van der Waals surface area contributed by atoms with Gasteiger partial charge in [-0.05, 0) is 163 Å². The van der Waals surface area contributed by atoms with Gasteiger partial charge in [0.15, 0.2) is 0 Å². The number of ether oxygens (including phenoxy) is 3. The van der Waals surface area contributed by atoms with Gasteiger partial charge in [-0.25, -0.2) is 9.59 Å². The number of benzene rings is 2. The number of fused-ring (bicyclic) bond motifs is 6. The van der Waals surface area contributed by atoms with Crippen molar-refractivity contribution >= 4 is 39.8 Å². The molecule has 2 aliphatic carbocycles. The molecule has 3 fully saturated rings. The Hall–Kier alpha value is -4.35. The number of nitrogens with one attached hydrogen (secondary N) is 1. The van der Waals surface area contributed by atoms with Gasteiger partial charge in [-0.15, -0.1) is 0 Å². The molecule has 2 unspecified atom stereocenters. The summed E-state index contributed by atoms with van der Waals surface area (Å²) in [4.78, 5) is 38.7. The number of nitrogens with zero attached hydrogens (tertiary/aromatic N) is 3. The molecule has 3 atom stereocenters. The molecule has 2 N–H and O–H groups in total. The Labute approximate surface area is 342 Å². The first-order valence-corrected chi connectivity index (χ1v) is 21.7. The molecule has 2 aromatic heterocycles. The first kappa shape index (κ1) is 40.4. The normalized spacial score (nSPS) is 22.9. The number of hydrogen-bond acceptors (Lipinski definition) is 6. The highest BCUT2D eigenvalue weighted by molar-refractivity contribution is 5.99. The van der Waals surface area contributed by atoms with Crippen LogP contribution >= 0.6 is 0 Å².